The Bertz CT molecular complexity index is 731. The summed E-state index contributed by atoms with van der Waals surface area (Å²) in [5.41, 5.74) is 2.10. The minimum absolute atomic E-state index is 0.484. The van der Waals surface area contributed by atoms with Crippen LogP contribution in [-0.2, 0) is 5.75 Å². The Morgan fingerprint density at radius 3 is 3.05 bits per heavy atom. The lowest BCUT2D eigenvalue weighted by atomic mass is 9.92. The molecule has 1 aromatic carbocycles. The van der Waals surface area contributed by atoms with E-state index in [-0.39, 0.29) is 0 Å². The van der Waals surface area contributed by atoms with Crippen molar-refractivity contribution >= 4 is 39.4 Å². The Morgan fingerprint density at radius 2 is 2.14 bits per heavy atom. The Hall–Kier alpha value is -1.26. The van der Waals surface area contributed by atoms with Crippen molar-refractivity contribution < 1.29 is 0 Å². The van der Waals surface area contributed by atoms with Crippen molar-refractivity contribution in [3.63, 3.8) is 0 Å². The molecule has 1 aromatic heterocycles. The molecule has 0 spiro atoms. The van der Waals surface area contributed by atoms with Crippen LogP contribution in [0, 0.1) is 0 Å². The first-order valence-electron chi connectivity index (χ1n) is 7.80. The first kappa shape index (κ1) is 14.3. The number of halogens is 1. The fourth-order valence-electron chi connectivity index (χ4n) is 3.32. The minimum Gasteiger partial charge on any atom is -0.360 e. The highest BCUT2D eigenvalue weighted by atomic mass is 35.5. The number of thioether (sulfide) groups is 1. The summed E-state index contributed by atoms with van der Waals surface area (Å²) >= 11 is 8.14. The summed E-state index contributed by atoms with van der Waals surface area (Å²) in [4.78, 5) is 9.34. The Morgan fingerprint density at radius 1 is 1.23 bits per heavy atom. The summed E-state index contributed by atoms with van der Waals surface area (Å²) in [6.07, 6.45) is 6.92. The molecule has 0 saturated heterocycles. The molecular formula is C17H18ClN3S. The lowest BCUT2D eigenvalue weighted by molar-refractivity contribution is 0.385. The van der Waals surface area contributed by atoms with Crippen LogP contribution in [0.15, 0.2) is 35.5 Å². The zero-order valence-electron chi connectivity index (χ0n) is 12.3. The molecule has 2 aromatic rings. The summed E-state index contributed by atoms with van der Waals surface area (Å²) in [5.74, 6) is 0.804. The van der Waals surface area contributed by atoms with E-state index < -0.39 is 0 Å². The van der Waals surface area contributed by atoms with Crippen molar-refractivity contribution in [2.75, 3.05) is 0 Å². The number of nitrogens with one attached hydrogen (secondary N) is 1. The molecule has 5 heteroatoms. The molecule has 114 valence electrons. The van der Waals surface area contributed by atoms with Gasteiger partial charge in [0.1, 0.15) is 0 Å². The predicted octanol–water partition coefficient (Wildman–Crippen LogP) is 4.39. The number of pyridine rings is 1. The molecule has 1 fully saturated rings. The molecule has 1 aliphatic heterocycles. The quantitative estimate of drug-likeness (QED) is 0.886. The number of benzene rings is 1. The molecule has 1 saturated carbocycles. The smallest absolute Gasteiger partial charge is 0.157 e. The van der Waals surface area contributed by atoms with Crippen LogP contribution in [0.4, 0.5) is 0 Å². The number of amidine groups is 1. The van der Waals surface area contributed by atoms with Gasteiger partial charge in [0.2, 0.25) is 0 Å². The van der Waals surface area contributed by atoms with Gasteiger partial charge in [-0.25, -0.2) is 0 Å². The van der Waals surface area contributed by atoms with E-state index in [1.807, 2.05) is 24.4 Å². The zero-order chi connectivity index (χ0) is 14.9. The number of fused-ring (bicyclic) bond motifs is 2. The second-order valence-electron chi connectivity index (χ2n) is 5.93. The maximum Gasteiger partial charge on any atom is 0.157 e. The van der Waals surface area contributed by atoms with Crippen LogP contribution in [0.25, 0.3) is 10.9 Å². The van der Waals surface area contributed by atoms with Gasteiger partial charge in [0.15, 0.2) is 5.17 Å². The van der Waals surface area contributed by atoms with Gasteiger partial charge >= 0.3 is 0 Å². The van der Waals surface area contributed by atoms with Crippen molar-refractivity contribution in [3.05, 3.63) is 41.0 Å². The molecule has 1 N–H and O–H groups in total. The highest BCUT2D eigenvalue weighted by molar-refractivity contribution is 8.13. The number of aliphatic imine (C=N–C) groups is 1. The summed E-state index contributed by atoms with van der Waals surface area (Å²) in [6.45, 7) is 0. The Balaban J connectivity index is 1.54. The van der Waals surface area contributed by atoms with Gasteiger partial charge in [-0.2, -0.15) is 0 Å². The zero-order valence-corrected chi connectivity index (χ0v) is 13.8. The third-order valence-electron chi connectivity index (χ3n) is 4.50. The molecule has 22 heavy (non-hydrogen) atoms. The largest absolute Gasteiger partial charge is 0.360 e. The van der Waals surface area contributed by atoms with Crippen molar-refractivity contribution in [2.24, 2.45) is 4.99 Å². The van der Waals surface area contributed by atoms with Gasteiger partial charge in [0.05, 0.1) is 17.6 Å². The monoisotopic (exact) mass is 331 g/mol. The van der Waals surface area contributed by atoms with Gasteiger partial charge in [-0.15, -0.1) is 0 Å². The lowest BCUT2D eigenvalue weighted by Crippen LogP contribution is -2.36. The maximum atomic E-state index is 6.40. The Kier molecular flexibility index (Phi) is 3.97. The average Bonchev–Trinajstić information content (AvgIpc) is 2.97. The summed E-state index contributed by atoms with van der Waals surface area (Å²) < 4.78 is 0. The normalized spacial score (nSPS) is 24.0. The highest BCUT2D eigenvalue weighted by Crippen LogP contribution is 2.31. The molecule has 2 unspecified atom stereocenters. The van der Waals surface area contributed by atoms with Gasteiger partial charge in [-0.3, -0.25) is 9.98 Å². The van der Waals surface area contributed by atoms with E-state index >= 15 is 0 Å². The predicted molar refractivity (Wildman–Crippen MR) is 94.7 cm³/mol. The van der Waals surface area contributed by atoms with Crippen LogP contribution in [-0.4, -0.2) is 22.2 Å². The van der Waals surface area contributed by atoms with Gasteiger partial charge in [0, 0.05) is 27.9 Å². The van der Waals surface area contributed by atoms with Crippen LogP contribution < -0.4 is 5.32 Å². The maximum absolute atomic E-state index is 6.40. The summed E-state index contributed by atoms with van der Waals surface area (Å²) in [7, 11) is 0. The molecule has 4 rings (SSSR count). The number of hydrogen-bond donors (Lipinski definition) is 1. The molecule has 0 radical (unpaired) electrons. The van der Waals surface area contributed by atoms with Gasteiger partial charge in [0.25, 0.3) is 0 Å². The second kappa shape index (κ2) is 6.09. The van der Waals surface area contributed by atoms with Crippen molar-refractivity contribution in [1.29, 1.82) is 0 Å². The summed E-state index contributed by atoms with van der Waals surface area (Å²) in [6, 6.07) is 9.06. The average molecular weight is 332 g/mol. The fraction of sp³-hybridized carbons (Fsp3) is 0.412. The van der Waals surface area contributed by atoms with Gasteiger partial charge in [-0.05, 0) is 25.0 Å². The van der Waals surface area contributed by atoms with E-state index in [2.05, 4.69) is 16.4 Å². The first-order valence-corrected chi connectivity index (χ1v) is 9.17. The van der Waals surface area contributed by atoms with E-state index in [9.17, 15) is 0 Å². The Labute approximate surface area is 139 Å². The van der Waals surface area contributed by atoms with Crippen LogP contribution in [0.5, 0.6) is 0 Å². The van der Waals surface area contributed by atoms with E-state index in [4.69, 9.17) is 16.6 Å². The van der Waals surface area contributed by atoms with E-state index in [1.165, 1.54) is 25.7 Å². The summed E-state index contributed by atoms with van der Waals surface area (Å²) in [5, 5.41) is 6.57. The van der Waals surface area contributed by atoms with Gasteiger partial charge in [-0.1, -0.05) is 48.3 Å². The number of rotatable bonds is 2. The van der Waals surface area contributed by atoms with Crippen LogP contribution >= 0.6 is 23.4 Å². The standard InChI is InChI=1S/C17H18ClN3S/c18-13-8-7-11-4-3-9-19-16(11)12(13)10-22-17-20-14-5-1-2-6-15(14)21-17/h3-4,7-9,14-15H,1-2,5-6,10H2,(H,20,21). The minimum atomic E-state index is 0.484. The number of nitrogens with zero attached hydrogens (tertiary/aromatic N) is 2. The van der Waals surface area contributed by atoms with E-state index in [1.54, 1.807) is 11.8 Å². The molecule has 3 nitrogen and oxygen atoms in total. The molecule has 2 aliphatic rings. The van der Waals surface area contributed by atoms with Crippen molar-refractivity contribution in [2.45, 2.75) is 43.5 Å². The topological polar surface area (TPSA) is 37.3 Å². The van der Waals surface area contributed by atoms with Crippen molar-refractivity contribution in [1.82, 2.24) is 10.3 Å². The number of hydrogen-bond acceptors (Lipinski definition) is 4. The number of aromatic nitrogens is 1. The van der Waals surface area contributed by atoms with Crippen molar-refractivity contribution in [3.8, 4) is 0 Å². The lowest BCUT2D eigenvalue weighted by Gasteiger charge is -2.23. The van der Waals surface area contributed by atoms with Crippen LogP contribution in [0.1, 0.15) is 31.2 Å². The van der Waals surface area contributed by atoms with Crippen LogP contribution in [0.2, 0.25) is 5.02 Å². The molecular weight excluding hydrogens is 314 g/mol. The van der Waals surface area contributed by atoms with Gasteiger partial charge < -0.3 is 5.32 Å². The molecule has 0 bridgehead atoms. The molecule has 2 heterocycles. The molecule has 1 aliphatic carbocycles. The van der Waals surface area contributed by atoms with Crippen LogP contribution in [0.3, 0.4) is 0 Å². The van der Waals surface area contributed by atoms with E-state index in [0.29, 0.717) is 12.1 Å². The SMILES string of the molecule is Clc1ccc2cccnc2c1CSC1=NC2CCCCC2N1. The fourth-order valence-corrected chi connectivity index (χ4v) is 4.63. The second-order valence-corrected chi connectivity index (χ2v) is 7.30. The van der Waals surface area contributed by atoms with E-state index in [0.717, 1.165) is 32.4 Å². The third-order valence-corrected chi connectivity index (χ3v) is 5.78. The molecule has 2 atom stereocenters. The first-order chi connectivity index (χ1) is 10.8. The third kappa shape index (κ3) is 2.70. The molecule has 0 amide bonds. The highest BCUT2D eigenvalue weighted by Gasteiger charge is 2.30.